The first-order valence-corrected chi connectivity index (χ1v) is 7.10. The predicted molar refractivity (Wildman–Crippen MR) is 83.1 cm³/mol. The van der Waals surface area contributed by atoms with Crippen LogP contribution >= 0.6 is 0 Å². The molecule has 2 aromatic rings. The van der Waals surface area contributed by atoms with Gasteiger partial charge in [-0.3, -0.25) is 4.79 Å². The standard InChI is InChI=1S/C17H18FNO3/c1-3-21-14-8-9-16(22-4-2)15(11-14)19-17(20)12-6-5-7-13(18)10-12/h5-11H,3-4H2,1-2H3,(H,19,20). The minimum Gasteiger partial charge on any atom is -0.494 e. The molecule has 2 aromatic carbocycles. The molecule has 0 aliphatic heterocycles. The van der Waals surface area contributed by atoms with E-state index < -0.39 is 11.7 Å². The molecule has 116 valence electrons. The maximum absolute atomic E-state index is 13.2. The van der Waals surface area contributed by atoms with Gasteiger partial charge in [-0.25, -0.2) is 4.39 Å². The minimum absolute atomic E-state index is 0.240. The van der Waals surface area contributed by atoms with Gasteiger partial charge in [-0.15, -0.1) is 0 Å². The van der Waals surface area contributed by atoms with Crippen LogP contribution in [0.15, 0.2) is 42.5 Å². The molecule has 4 nitrogen and oxygen atoms in total. The lowest BCUT2D eigenvalue weighted by molar-refractivity contribution is 0.102. The zero-order chi connectivity index (χ0) is 15.9. The molecule has 5 heteroatoms. The Morgan fingerprint density at radius 1 is 1.09 bits per heavy atom. The van der Waals surface area contributed by atoms with Crippen molar-refractivity contribution in [3.8, 4) is 11.5 Å². The molecule has 0 unspecified atom stereocenters. The Morgan fingerprint density at radius 3 is 2.55 bits per heavy atom. The highest BCUT2D eigenvalue weighted by Gasteiger charge is 2.12. The van der Waals surface area contributed by atoms with Crippen LogP contribution in [-0.2, 0) is 0 Å². The number of nitrogens with one attached hydrogen (secondary N) is 1. The monoisotopic (exact) mass is 303 g/mol. The van der Waals surface area contributed by atoms with E-state index in [9.17, 15) is 9.18 Å². The van der Waals surface area contributed by atoms with Crippen LogP contribution in [0.4, 0.5) is 10.1 Å². The molecule has 0 radical (unpaired) electrons. The number of hydrogen-bond donors (Lipinski definition) is 1. The highest BCUT2D eigenvalue weighted by atomic mass is 19.1. The molecule has 0 saturated carbocycles. The Balaban J connectivity index is 2.25. The molecule has 0 spiro atoms. The van der Waals surface area contributed by atoms with Gasteiger partial charge >= 0.3 is 0 Å². The molecule has 0 aliphatic rings. The van der Waals surface area contributed by atoms with Gasteiger partial charge in [0.15, 0.2) is 0 Å². The summed E-state index contributed by atoms with van der Waals surface area (Å²) in [5, 5.41) is 2.73. The third-order valence-electron chi connectivity index (χ3n) is 2.90. The van der Waals surface area contributed by atoms with Crippen molar-refractivity contribution in [2.45, 2.75) is 13.8 Å². The second-order valence-corrected chi connectivity index (χ2v) is 4.49. The van der Waals surface area contributed by atoms with Crippen molar-refractivity contribution in [2.75, 3.05) is 18.5 Å². The van der Waals surface area contributed by atoms with Gasteiger partial charge in [0.1, 0.15) is 17.3 Å². The summed E-state index contributed by atoms with van der Waals surface area (Å²) < 4.78 is 24.1. The molecule has 0 bridgehead atoms. The van der Waals surface area contributed by atoms with Crippen molar-refractivity contribution < 1.29 is 18.7 Å². The lowest BCUT2D eigenvalue weighted by Crippen LogP contribution is -2.13. The summed E-state index contributed by atoms with van der Waals surface area (Å²) in [7, 11) is 0. The highest BCUT2D eigenvalue weighted by molar-refractivity contribution is 6.05. The van der Waals surface area contributed by atoms with Crippen molar-refractivity contribution in [3.63, 3.8) is 0 Å². The van der Waals surface area contributed by atoms with Crippen LogP contribution in [0.3, 0.4) is 0 Å². The van der Waals surface area contributed by atoms with E-state index in [1.807, 2.05) is 13.8 Å². The number of anilines is 1. The van der Waals surface area contributed by atoms with Gasteiger partial charge in [-0.05, 0) is 44.2 Å². The number of carbonyl (C=O) groups excluding carboxylic acids is 1. The van der Waals surface area contributed by atoms with E-state index in [0.29, 0.717) is 30.4 Å². The van der Waals surface area contributed by atoms with Crippen LogP contribution in [0, 0.1) is 5.82 Å². The van der Waals surface area contributed by atoms with Crippen molar-refractivity contribution in [2.24, 2.45) is 0 Å². The lowest BCUT2D eigenvalue weighted by atomic mass is 10.2. The second-order valence-electron chi connectivity index (χ2n) is 4.49. The van der Waals surface area contributed by atoms with E-state index in [2.05, 4.69) is 5.32 Å². The van der Waals surface area contributed by atoms with Crippen molar-refractivity contribution in [1.82, 2.24) is 0 Å². The maximum Gasteiger partial charge on any atom is 0.255 e. The number of hydrogen-bond acceptors (Lipinski definition) is 3. The molecule has 0 fully saturated rings. The molecule has 0 aliphatic carbocycles. The summed E-state index contributed by atoms with van der Waals surface area (Å²) >= 11 is 0. The first-order valence-electron chi connectivity index (χ1n) is 7.10. The van der Waals surface area contributed by atoms with Crippen molar-refractivity contribution in [3.05, 3.63) is 53.8 Å². The molecule has 0 aromatic heterocycles. The Bertz CT molecular complexity index is 658. The first-order chi connectivity index (χ1) is 10.6. The van der Waals surface area contributed by atoms with E-state index >= 15 is 0 Å². The molecule has 0 atom stereocenters. The molecule has 1 N–H and O–H groups in total. The topological polar surface area (TPSA) is 47.6 Å². The average molecular weight is 303 g/mol. The number of ether oxygens (including phenoxy) is 2. The van der Waals surface area contributed by atoms with Crippen LogP contribution in [-0.4, -0.2) is 19.1 Å². The molecule has 2 rings (SSSR count). The van der Waals surface area contributed by atoms with Gasteiger partial charge in [0.25, 0.3) is 5.91 Å². The largest absolute Gasteiger partial charge is 0.494 e. The fourth-order valence-electron chi connectivity index (χ4n) is 1.97. The lowest BCUT2D eigenvalue weighted by Gasteiger charge is -2.13. The number of halogens is 1. The molecule has 1 amide bonds. The van der Waals surface area contributed by atoms with Crippen LogP contribution in [0.1, 0.15) is 24.2 Å². The third kappa shape index (κ3) is 3.97. The van der Waals surface area contributed by atoms with Crippen LogP contribution in [0.25, 0.3) is 0 Å². The third-order valence-corrected chi connectivity index (χ3v) is 2.90. The highest BCUT2D eigenvalue weighted by Crippen LogP contribution is 2.30. The molecular formula is C17H18FNO3. The fraction of sp³-hybridized carbons (Fsp3) is 0.235. The van der Waals surface area contributed by atoms with Crippen LogP contribution in [0.5, 0.6) is 11.5 Å². The number of benzene rings is 2. The first kappa shape index (κ1) is 15.8. The van der Waals surface area contributed by atoms with E-state index in [4.69, 9.17) is 9.47 Å². The summed E-state index contributed by atoms with van der Waals surface area (Å²) in [5.41, 5.74) is 0.728. The van der Waals surface area contributed by atoms with Gasteiger partial charge in [0.05, 0.1) is 18.9 Å². The van der Waals surface area contributed by atoms with Gasteiger partial charge in [-0.2, -0.15) is 0 Å². The summed E-state index contributed by atoms with van der Waals surface area (Å²) in [6.45, 7) is 4.72. The van der Waals surface area contributed by atoms with E-state index in [-0.39, 0.29) is 5.56 Å². The van der Waals surface area contributed by atoms with Gasteiger partial charge in [0, 0.05) is 11.6 Å². The normalized spacial score (nSPS) is 10.1. The van der Waals surface area contributed by atoms with E-state index in [1.54, 1.807) is 24.3 Å². The fourth-order valence-corrected chi connectivity index (χ4v) is 1.97. The van der Waals surface area contributed by atoms with Gasteiger partial charge in [-0.1, -0.05) is 6.07 Å². The number of carbonyl (C=O) groups is 1. The number of amides is 1. The quantitative estimate of drug-likeness (QED) is 0.881. The SMILES string of the molecule is CCOc1ccc(OCC)c(NC(=O)c2cccc(F)c2)c1. The zero-order valence-corrected chi connectivity index (χ0v) is 12.6. The Morgan fingerprint density at radius 2 is 1.86 bits per heavy atom. The zero-order valence-electron chi connectivity index (χ0n) is 12.6. The Hall–Kier alpha value is -2.56. The van der Waals surface area contributed by atoms with E-state index in [0.717, 1.165) is 0 Å². The summed E-state index contributed by atoms with van der Waals surface area (Å²) in [6.07, 6.45) is 0. The van der Waals surface area contributed by atoms with Gasteiger partial charge in [0.2, 0.25) is 0 Å². The van der Waals surface area contributed by atoms with Crippen LogP contribution < -0.4 is 14.8 Å². The summed E-state index contributed by atoms with van der Waals surface area (Å²) in [6, 6.07) is 10.7. The van der Waals surface area contributed by atoms with Gasteiger partial charge < -0.3 is 14.8 Å². The second kappa shape index (κ2) is 7.45. The predicted octanol–water partition coefficient (Wildman–Crippen LogP) is 3.88. The minimum atomic E-state index is -0.458. The summed E-state index contributed by atoms with van der Waals surface area (Å²) in [5.74, 6) is 0.297. The smallest absolute Gasteiger partial charge is 0.255 e. The van der Waals surface area contributed by atoms with Crippen molar-refractivity contribution in [1.29, 1.82) is 0 Å². The molecular weight excluding hydrogens is 285 g/mol. The summed E-state index contributed by atoms with van der Waals surface area (Å²) in [4.78, 5) is 12.2. The maximum atomic E-state index is 13.2. The van der Waals surface area contributed by atoms with Crippen molar-refractivity contribution >= 4 is 11.6 Å². The molecule has 22 heavy (non-hydrogen) atoms. The van der Waals surface area contributed by atoms with E-state index in [1.165, 1.54) is 18.2 Å². The molecule has 0 saturated heterocycles. The average Bonchev–Trinajstić information content (AvgIpc) is 2.50. The van der Waals surface area contributed by atoms with Crippen LogP contribution in [0.2, 0.25) is 0 Å². The Kier molecular flexibility index (Phi) is 5.36. The number of rotatable bonds is 6. The molecule has 0 heterocycles. The Labute approximate surface area is 128 Å².